The van der Waals surface area contributed by atoms with Gasteiger partial charge in [-0.3, -0.25) is 0 Å². The van der Waals surface area contributed by atoms with Gasteiger partial charge in [-0.05, 0) is 17.5 Å². The van der Waals surface area contributed by atoms with Crippen LogP contribution in [0.5, 0.6) is 0 Å². The van der Waals surface area contributed by atoms with Gasteiger partial charge < -0.3 is 9.67 Å². The van der Waals surface area contributed by atoms with Crippen LogP contribution in [0.1, 0.15) is 0 Å². The van der Waals surface area contributed by atoms with Crippen molar-refractivity contribution in [1.29, 1.82) is 0 Å². The summed E-state index contributed by atoms with van der Waals surface area (Å²) < 4.78 is 1.72. The number of thiol groups is 1. The van der Waals surface area contributed by atoms with Gasteiger partial charge in [-0.25, -0.2) is 4.79 Å². The number of carbonyl (C=O) groups is 1. The second-order valence-corrected chi connectivity index (χ2v) is 4.45. The Bertz CT molecular complexity index is 764. The molecule has 0 saturated carbocycles. The largest absolute Gasteiger partial charge is 0.477 e. The van der Waals surface area contributed by atoms with E-state index in [1.165, 1.54) is 5.41 Å². The van der Waals surface area contributed by atoms with Crippen molar-refractivity contribution in [1.82, 2.24) is 4.57 Å². The van der Waals surface area contributed by atoms with Crippen molar-refractivity contribution in [2.24, 2.45) is 0 Å². The van der Waals surface area contributed by atoms with E-state index in [0.717, 1.165) is 21.8 Å². The summed E-state index contributed by atoms with van der Waals surface area (Å²) in [5.41, 5.74) is 1.87. The average molecular weight is 269 g/mol. The van der Waals surface area contributed by atoms with Gasteiger partial charge in [-0.1, -0.05) is 36.4 Å². The number of fused-ring (bicyclic) bond motifs is 3. The molecule has 1 heterocycles. The fourth-order valence-corrected chi connectivity index (χ4v) is 2.62. The fraction of sp³-hybridized carbons (Fsp3) is 0. The van der Waals surface area contributed by atoms with Gasteiger partial charge in [0.05, 0.1) is 11.0 Å². The second-order valence-electron chi connectivity index (χ2n) is 4.19. The van der Waals surface area contributed by atoms with Gasteiger partial charge in [-0.2, -0.15) is 0 Å². The molecule has 3 rings (SSSR count). The number of carboxylic acids is 1. The second kappa shape index (κ2) is 4.48. The van der Waals surface area contributed by atoms with E-state index in [1.54, 1.807) is 4.57 Å². The number of nitrogens with zero attached hydrogens (tertiary/aromatic N) is 1. The van der Waals surface area contributed by atoms with Crippen molar-refractivity contribution < 1.29 is 9.90 Å². The lowest BCUT2D eigenvalue weighted by Gasteiger charge is -2.07. The molecule has 4 heteroatoms. The molecule has 2 aromatic carbocycles. The Morgan fingerprint density at radius 2 is 1.47 bits per heavy atom. The number of carboxylic acid groups (broad SMARTS) is 1. The summed E-state index contributed by atoms with van der Waals surface area (Å²) in [6.45, 7) is 0. The monoisotopic (exact) mass is 269 g/mol. The maximum absolute atomic E-state index is 11.4. The average Bonchev–Trinajstić information content (AvgIpc) is 2.75. The normalized spacial score (nSPS) is 12.2. The first kappa shape index (κ1) is 11.9. The fourth-order valence-electron chi connectivity index (χ4n) is 2.39. The van der Waals surface area contributed by atoms with Crippen LogP contribution in [0.25, 0.3) is 27.5 Å². The van der Waals surface area contributed by atoms with Crippen LogP contribution in [0.4, 0.5) is 0 Å². The molecule has 0 bridgehead atoms. The number of para-hydroxylation sites is 2. The van der Waals surface area contributed by atoms with E-state index in [-0.39, 0.29) is 5.70 Å². The van der Waals surface area contributed by atoms with Crippen LogP contribution >= 0.6 is 12.6 Å². The Morgan fingerprint density at radius 3 is 1.89 bits per heavy atom. The molecule has 0 aliphatic heterocycles. The summed E-state index contributed by atoms with van der Waals surface area (Å²) in [5, 5.41) is 12.7. The van der Waals surface area contributed by atoms with Gasteiger partial charge in [0.25, 0.3) is 0 Å². The molecule has 0 fully saturated rings. The van der Waals surface area contributed by atoms with Crippen LogP contribution in [0.15, 0.2) is 53.9 Å². The SMILES string of the molecule is O=C(O)/C(=C\S)n1c2ccccc2c2ccccc21. The minimum absolute atomic E-state index is 0.140. The van der Waals surface area contributed by atoms with E-state index >= 15 is 0 Å². The number of hydrogen-bond acceptors (Lipinski definition) is 2. The van der Waals surface area contributed by atoms with Crippen molar-refractivity contribution in [2.45, 2.75) is 0 Å². The highest BCUT2D eigenvalue weighted by Gasteiger charge is 2.16. The molecule has 0 saturated heterocycles. The van der Waals surface area contributed by atoms with Crippen molar-refractivity contribution in [3.05, 3.63) is 53.9 Å². The highest BCUT2D eigenvalue weighted by atomic mass is 32.1. The van der Waals surface area contributed by atoms with E-state index in [2.05, 4.69) is 12.6 Å². The van der Waals surface area contributed by atoms with Crippen molar-refractivity contribution in [3.63, 3.8) is 0 Å². The molecular formula is C15H11NO2S. The molecule has 3 nitrogen and oxygen atoms in total. The van der Waals surface area contributed by atoms with Crippen LogP contribution in [-0.4, -0.2) is 15.6 Å². The van der Waals surface area contributed by atoms with Gasteiger partial charge in [0, 0.05) is 10.8 Å². The third-order valence-corrected chi connectivity index (χ3v) is 3.41. The summed E-state index contributed by atoms with van der Waals surface area (Å²) in [4.78, 5) is 11.4. The first-order valence-electron chi connectivity index (χ1n) is 5.80. The van der Waals surface area contributed by atoms with E-state index in [4.69, 9.17) is 0 Å². The zero-order valence-corrected chi connectivity index (χ0v) is 10.8. The Hall–Kier alpha value is -2.20. The molecule has 0 atom stereocenters. The lowest BCUT2D eigenvalue weighted by atomic mass is 10.2. The molecule has 0 aliphatic carbocycles. The van der Waals surface area contributed by atoms with Crippen LogP contribution < -0.4 is 0 Å². The first-order valence-corrected chi connectivity index (χ1v) is 6.32. The molecular weight excluding hydrogens is 258 g/mol. The zero-order chi connectivity index (χ0) is 13.4. The number of aromatic nitrogens is 1. The molecule has 0 unspecified atom stereocenters. The van der Waals surface area contributed by atoms with Crippen LogP contribution in [-0.2, 0) is 4.79 Å². The molecule has 0 spiro atoms. The van der Waals surface area contributed by atoms with Crippen molar-refractivity contribution in [2.75, 3.05) is 0 Å². The van der Waals surface area contributed by atoms with Crippen molar-refractivity contribution in [3.8, 4) is 0 Å². The lowest BCUT2D eigenvalue weighted by Crippen LogP contribution is -2.06. The van der Waals surface area contributed by atoms with Gasteiger partial charge in [-0.15, -0.1) is 12.6 Å². The summed E-state index contributed by atoms with van der Waals surface area (Å²) >= 11 is 4.03. The summed E-state index contributed by atoms with van der Waals surface area (Å²) in [5.74, 6) is -0.999. The van der Waals surface area contributed by atoms with Gasteiger partial charge in [0.1, 0.15) is 5.70 Å². The van der Waals surface area contributed by atoms with Crippen LogP contribution in [0, 0.1) is 0 Å². The Morgan fingerprint density at radius 1 is 1.00 bits per heavy atom. The van der Waals surface area contributed by atoms with E-state index in [1.807, 2.05) is 48.5 Å². The minimum atomic E-state index is -0.999. The molecule has 19 heavy (non-hydrogen) atoms. The summed E-state index contributed by atoms with van der Waals surface area (Å²) in [6, 6.07) is 15.5. The predicted octanol–water partition coefficient (Wildman–Crippen LogP) is 3.61. The maximum Gasteiger partial charge on any atom is 0.353 e. The quantitative estimate of drug-likeness (QED) is 0.551. The Balaban J connectivity index is 2.54. The Labute approximate surface area is 115 Å². The van der Waals surface area contributed by atoms with E-state index in [9.17, 15) is 9.90 Å². The third kappa shape index (κ3) is 1.72. The van der Waals surface area contributed by atoms with Crippen LogP contribution in [0.2, 0.25) is 0 Å². The summed E-state index contributed by atoms with van der Waals surface area (Å²) in [7, 11) is 0. The maximum atomic E-state index is 11.4. The number of rotatable bonds is 2. The molecule has 1 aromatic heterocycles. The van der Waals surface area contributed by atoms with E-state index < -0.39 is 5.97 Å². The van der Waals surface area contributed by atoms with Crippen LogP contribution in [0.3, 0.4) is 0 Å². The minimum Gasteiger partial charge on any atom is -0.477 e. The van der Waals surface area contributed by atoms with Gasteiger partial charge in [0.2, 0.25) is 0 Å². The number of hydrogen-bond donors (Lipinski definition) is 2. The third-order valence-electron chi connectivity index (χ3n) is 3.16. The van der Waals surface area contributed by atoms with Crippen molar-refractivity contribution >= 4 is 46.1 Å². The topological polar surface area (TPSA) is 42.2 Å². The Kier molecular flexibility index (Phi) is 2.80. The highest BCUT2D eigenvalue weighted by molar-refractivity contribution is 7.83. The predicted molar refractivity (Wildman–Crippen MR) is 80.3 cm³/mol. The highest BCUT2D eigenvalue weighted by Crippen LogP contribution is 2.31. The first-order chi connectivity index (χ1) is 9.24. The summed E-state index contributed by atoms with van der Waals surface area (Å²) in [6.07, 6.45) is 0. The smallest absolute Gasteiger partial charge is 0.353 e. The molecule has 1 N–H and O–H groups in total. The van der Waals surface area contributed by atoms with Gasteiger partial charge >= 0.3 is 5.97 Å². The molecule has 94 valence electrons. The van der Waals surface area contributed by atoms with Gasteiger partial charge in [0.15, 0.2) is 0 Å². The number of benzene rings is 2. The molecule has 0 aliphatic rings. The molecule has 0 radical (unpaired) electrons. The molecule has 0 amide bonds. The zero-order valence-electron chi connectivity index (χ0n) is 9.95. The lowest BCUT2D eigenvalue weighted by molar-refractivity contribution is -0.130. The number of aliphatic carboxylic acids is 1. The molecule has 3 aromatic rings. The van der Waals surface area contributed by atoms with E-state index in [0.29, 0.717) is 0 Å². The standard InChI is InChI=1S/C15H11NO2S/c17-15(18)14(9-19)16-12-7-3-1-5-10(12)11-6-2-4-8-13(11)16/h1-9,19H,(H,17,18)/b14-9+.